The van der Waals surface area contributed by atoms with E-state index in [0.717, 1.165) is 12.8 Å². The number of nitrogens with one attached hydrogen (secondary N) is 1. The Hall–Kier alpha value is -0.610. The van der Waals surface area contributed by atoms with Crippen molar-refractivity contribution in [1.82, 2.24) is 5.32 Å². The van der Waals surface area contributed by atoms with Crippen LogP contribution in [0.1, 0.15) is 33.6 Å². The van der Waals surface area contributed by atoms with Crippen LogP contribution in [0, 0.1) is 0 Å². The second-order valence-electron chi connectivity index (χ2n) is 3.83. The third-order valence-corrected chi connectivity index (χ3v) is 1.71. The largest absolute Gasteiger partial charge is 0.369 e. The minimum absolute atomic E-state index is 0.0524. The van der Waals surface area contributed by atoms with Gasteiger partial charge in [-0.3, -0.25) is 4.79 Å². The Kier molecular flexibility index (Phi) is 7.42. The van der Waals surface area contributed by atoms with Gasteiger partial charge in [0.05, 0.1) is 6.10 Å². The summed E-state index contributed by atoms with van der Waals surface area (Å²) in [5, 5.41) is 2.77. The van der Waals surface area contributed by atoms with E-state index in [4.69, 9.17) is 10.5 Å². The summed E-state index contributed by atoms with van der Waals surface area (Å²) in [5.74, 6) is -0.0524. The van der Waals surface area contributed by atoms with Gasteiger partial charge in [-0.2, -0.15) is 0 Å². The Morgan fingerprint density at radius 1 is 1.43 bits per heavy atom. The third-order valence-electron chi connectivity index (χ3n) is 1.71. The van der Waals surface area contributed by atoms with E-state index >= 15 is 0 Å². The van der Waals surface area contributed by atoms with Crippen LogP contribution < -0.4 is 11.1 Å². The summed E-state index contributed by atoms with van der Waals surface area (Å²) < 4.78 is 5.15. The maximum Gasteiger partial charge on any atom is 0.246 e. The van der Waals surface area contributed by atoms with Crippen molar-refractivity contribution < 1.29 is 9.53 Å². The van der Waals surface area contributed by atoms with Crippen molar-refractivity contribution in [2.24, 2.45) is 5.73 Å². The molecule has 0 bridgehead atoms. The fraction of sp³-hybridized carbons (Fsp3) is 0.900. The standard InChI is InChI=1S/C10H22N2O2/c1-8(2)14-7-10(13)12-6-4-5-9(3)11/h8-9H,4-7,11H2,1-3H3,(H,12,13). The van der Waals surface area contributed by atoms with Crippen LogP contribution in [0.5, 0.6) is 0 Å². The molecule has 0 aromatic heterocycles. The maximum atomic E-state index is 11.1. The average molecular weight is 202 g/mol. The number of carbonyl (C=O) groups excluding carboxylic acids is 1. The highest BCUT2D eigenvalue weighted by Gasteiger charge is 2.02. The SMILES string of the molecule is CC(N)CCCNC(=O)COC(C)C. The summed E-state index contributed by atoms with van der Waals surface area (Å²) in [6.45, 7) is 6.61. The molecule has 0 fully saturated rings. The van der Waals surface area contributed by atoms with Crippen LogP contribution in [-0.2, 0) is 9.53 Å². The molecule has 0 rings (SSSR count). The molecule has 0 saturated heterocycles. The van der Waals surface area contributed by atoms with Gasteiger partial charge in [0.15, 0.2) is 0 Å². The van der Waals surface area contributed by atoms with E-state index < -0.39 is 0 Å². The Morgan fingerprint density at radius 3 is 2.57 bits per heavy atom. The lowest BCUT2D eigenvalue weighted by atomic mass is 10.2. The molecule has 0 saturated carbocycles. The molecule has 1 atom stereocenters. The van der Waals surface area contributed by atoms with Crippen LogP contribution in [0.25, 0.3) is 0 Å². The summed E-state index contributed by atoms with van der Waals surface area (Å²) in [4.78, 5) is 11.1. The quantitative estimate of drug-likeness (QED) is 0.596. The fourth-order valence-electron chi connectivity index (χ4n) is 0.945. The van der Waals surface area contributed by atoms with Gasteiger partial charge in [0.2, 0.25) is 5.91 Å². The Balaban J connectivity index is 3.27. The lowest BCUT2D eigenvalue weighted by Gasteiger charge is -2.09. The molecule has 0 aliphatic heterocycles. The number of ether oxygens (including phenoxy) is 1. The summed E-state index contributed by atoms with van der Waals surface area (Å²) in [5.41, 5.74) is 5.57. The van der Waals surface area contributed by atoms with Crippen molar-refractivity contribution in [1.29, 1.82) is 0 Å². The zero-order chi connectivity index (χ0) is 11.0. The van der Waals surface area contributed by atoms with Crippen LogP contribution in [0.4, 0.5) is 0 Å². The summed E-state index contributed by atoms with van der Waals surface area (Å²) in [6.07, 6.45) is 1.96. The number of hydrogen-bond acceptors (Lipinski definition) is 3. The smallest absolute Gasteiger partial charge is 0.246 e. The lowest BCUT2D eigenvalue weighted by molar-refractivity contribution is -0.127. The Morgan fingerprint density at radius 2 is 2.07 bits per heavy atom. The van der Waals surface area contributed by atoms with E-state index in [-0.39, 0.29) is 24.7 Å². The normalized spacial score (nSPS) is 12.9. The van der Waals surface area contributed by atoms with E-state index in [9.17, 15) is 4.79 Å². The summed E-state index contributed by atoms with van der Waals surface area (Å²) in [7, 11) is 0. The highest BCUT2D eigenvalue weighted by Crippen LogP contribution is 1.91. The molecular formula is C10H22N2O2. The van der Waals surface area contributed by atoms with Crippen LogP contribution in [0.15, 0.2) is 0 Å². The predicted octanol–water partition coefficient (Wildman–Crippen LogP) is 0.655. The van der Waals surface area contributed by atoms with E-state index in [1.54, 1.807) is 0 Å². The molecule has 0 aromatic carbocycles. The molecular weight excluding hydrogens is 180 g/mol. The van der Waals surface area contributed by atoms with Gasteiger partial charge in [-0.15, -0.1) is 0 Å². The average Bonchev–Trinajstić information content (AvgIpc) is 2.08. The monoisotopic (exact) mass is 202 g/mol. The summed E-state index contributed by atoms with van der Waals surface area (Å²) >= 11 is 0. The lowest BCUT2D eigenvalue weighted by Crippen LogP contribution is -2.30. The molecule has 0 aliphatic carbocycles. The van der Waals surface area contributed by atoms with Crippen molar-refractivity contribution in [3.8, 4) is 0 Å². The Labute approximate surface area is 86.2 Å². The zero-order valence-electron chi connectivity index (χ0n) is 9.38. The molecule has 0 radical (unpaired) electrons. The number of hydrogen-bond donors (Lipinski definition) is 2. The van der Waals surface area contributed by atoms with Crippen molar-refractivity contribution in [2.75, 3.05) is 13.2 Å². The molecule has 1 unspecified atom stereocenters. The molecule has 0 heterocycles. The first-order valence-electron chi connectivity index (χ1n) is 5.16. The minimum Gasteiger partial charge on any atom is -0.369 e. The van der Waals surface area contributed by atoms with Crippen molar-refractivity contribution >= 4 is 5.91 Å². The Bertz CT molecular complexity index is 158. The van der Waals surface area contributed by atoms with Crippen molar-refractivity contribution in [3.63, 3.8) is 0 Å². The second kappa shape index (κ2) is 7.76. The molecule has 4 nitrogen and oxygen atoms in total. The highest BCUT2D eigenvalue weighted by atomic mass is 16.5. The molecule has 0 spiro atoms. The van der Waals surface area contributed by atoms with E-state index in [1.165, 1.54) is 0 Å². The van der Waals surface area contributed by atoms with Crippen molar-refractivity contribution in [2.45, 2.75) is 45.8 Å². The maximum absolute atomic E-state index is 11.1. The second-order valence-corrected chi connectivity index (χ2v) is 3.83. The van der Waals surface area contributed by atoms with Gasteiger partial charge in [-0.25, -0.2) is 0 Å². The van der Waals surface area contributed by atoms with Crippen LogP contribution in [-0.4, -0.2) is 31.2 Å². The van der Waals surface area contributed by atoms with Crippen LogP contribution >= 0.6 is 0 Å². The molecule has 14 heavy (non-hydrogen) atoms. The molecule has 1 amide bonds. The first-order chi connectivity index (χ1) is 6.52. The molecule has 4 heteroatoms. The predicted molar refractivity (Wildman–Crippen MR) is 57.0 cm³/mol. The number of rotatable bonds is 7. The van der Waals surface area contributed by atoms with Gasteiger partial charge in [-0.05, 0) is 33.6 Å². The van der Waals surface area contributed by atoms with Gasteiger partial charge in [0.1, 0.15) is 6.61 Å². The van der Waals surface area contributed by atoms with Gasteiger partial charge >= 0.3 is 0 Å². The number of nitrogens with two attached hydrogens (primary N) is 1. The highest BCUT2D eigenvalue weighted by molar-refractivity contribution is 5.77. The van der Waals surface area contributed by atoms with E-state index in [0.29, 0.717) is 6.54 Å². The first-order valence-corrected chi connectivity index (χ1v) is 5.16. The van der Waals surface area contributed by atoms with E-state index in [1.807, 2.05) is 20.8 Å². The number of amides is 1. The topological polar surface area (TPSA) is 64.3 Å². The molecule has 3 N–H and O–H groups in total. The molecule has 84 valence electrons. The van der Waals surface area contributed by atoms with Crippen LogP contribution in [0.2, 0.25) is 0 Å². The van der Waals surface area contributed by atoms with E-state index in [2.05, 4.69) is 5.32 Å². The van der Waals surface area contributed by atoms with Gasteiger partial charge in [0.25, 0.3) is 0 Å². The van der Waals surface area contributed by atoms with Crippen molar-refractivity contribution in [3.05, 3.63) is 0 Å². The van der Waals surface area contributed by atoms with Gasteiger partial charge in [0, 0.05) is 12.6 Å². The first kappa shape index (κ1) is 13.4. The van der Waals surface area contributed by atoms with Gasteiger partial charge in [-0.1, -0.05) is 0 Å². The minimum atomic E-state index is -0.0524. The third kappa shape index (κ3) is 9.48. The van der Waals surface area contributed by atoms with Crippen LogP contribution in [0.3, 0.4) is 0 Å². The fourth-order valence-corrected chi connectivity index (χ4v) is 0.945. The molecule has 0 aromatic rings. The molecule has 0 aliphatic rings. The van der Waals surface area contributed by atoms with Gasteiger partial charge < -0.3 is 15.8 Å². The number of carbonyl (C=O) groups is 1. The zero-order valence-corrected chi connectivity index (χ0v) is 9.38. The summed E-state index contributed by atoms with van der Waals surface area (Å²) in [6, 6.07) is 0.207.